The van der Waals surface area contributed by atoms with Crippen LogP contribution in [0.15, 0.2) is 146 Å². The first-order valence-corrected chi connectivity index (χ1v) is 44.0. The maximum atomic E-state index is 13.0. The van der Waals surface area contributed by atoms with Crippen LogP contribution in [0.1, 0.15) is 386 Å². The van der Waals surface area contributed by atoms with Crippen LogP contribution < -0.4 is 5.11 Å². The summed E-state index contributed by atoms with van der Waals surface area (Å²) in [6.45, 7) is 4.65. The summed E-state index contributed by atoms with van der Waals surface area (Å²) >= 11 is 0. The first kappa shape index (κ1) is 100. The van der Waals surface area contributed by atoms with Crippen LogP contribution in [0, 0.1) is 0 Å². The van der Waals surface area contributed by atoms with Crippen molar-refractivity contribution < 1.29 is 42.9 Å². The number of nitrogens with zero attached hydrogens (tertiary/aromatic N) is 1. The lowest BCUT2D eigenvalue weighted by molar-refractivity contribution is -0.870. The Bertz CT molecular complexity index is 2250. The smallest absolute Gasteiger partial charge is 0.306 e. The Labute approximate surface area is 649 Å². The van der Waals surface area contributed by atoms with Crippen LogP contribution in [0.5, 0.6) is 0 Å². The van der Waals surface area contributed by atoms with Crippen molar-refractivity contribution in [2.75, 3.05) is 47.5 Å². The van der Waals surface area contributed by atoms with Crippen molar-refractivity contribution in [2.45, 2.75) is 399 Å². The van der Waals surface area contributed by atoms with Crippen molar-refractivity contribution >= 4 is 17.9 Å². The number of esters is 2. The van der Waals surface area contributed by atoms with E-state index in [9.17, 15) is 19.5 Å². The monoisotopic (exact) mass is 1460 g/mol. The standard InChI is InChI=1S/C96H165NO8/c1-6-8-10-12-14-16-18-20-22-24-26-28-30-32-34-36-38-40-42-44-46-47-49-51-53-55-57-59-61-63-65-67-69-71-73-75-77-79-81-83-85-87-94(99)105-92(91-104-96(95(100)101)102-89-88-97(3,4)5)90-103-93(98)86-84-82-80-78-76-74-72-70-68-66-64-62-60-58-56-54-52-50-48-45-43-41-39-37-35-33-31-29-27-25-23-21-19-17-15-13-11-9-7-2/h8,10,14,16,20,22,25-28,32,34,38,40,44,46,49,51,55,57,61,63,67,69,92,96H,6-7,9,11-13,15,17-19,21,23-24,29-31,33,35-37,39,41-43,45,47-48,50,52-54,56,58-60,62,64-66,68,70-91H2,1-5H3/b10-8-,16-14-,22-20-,27-25-,28-26-,34-32-,40-38-,46-44-,51-49-,57-55-,63-61-,69-67-. The number of allylic oxidation sites excluding steroid dienone is 24. The van der Waals surface area contributed by atoms with E-state index in [0.717, 1.165) is 116 Å². The predicted molar refractivity (Wildman–Crippen MR) is 453 cm³/mol. The Morgan fingerprint density at radius 3 is 0.819 bits per heavy atom. The summed E-state index contributed by atoms with van der Waals surface area (Å²) in [4.78, 5) is 37.7. The lowest BCUT2D eigenvalue weighted by Crippen LogP contribution is -2.44. The molecule has 9 nitrogen and oxygen atoms in total. The number of carbonyl (C=O) groups is 3. The summed E-state index contributed by atoms with van der Waals surface area (Å²) in [6.07, 6.45) is 121. The van der Waals surface area contributed by atoms with E-state index in [2.05, 4.69) is 160 Å². The fourth-order valence-electron chi connectivity index (χ4n) is 12.4. The minimum atomic E-state index is -1.63. The Balaban J connectivity index is 4.04. The molecule has 9 heteroatoms. The van der Waals surface area contributed by atoms with Crippen LogP contribution >= 0.6 is 0 Å². The topological polar surface area (TPSA) is 111 Å². The number of hydrogen-bond acceptors (Lipinski definition) is 8. The Kier molecular flexibility index (Phi) is 80.9. The lowest BCUT2D eigenvalue weighted by Gasteiger charge is -2.26. The average Bonchev–Trinajstić information content (AvgIpc) is 1.18. The summed E-state index contributed by atoms with van der Waals surface area (Å²) in [6, 6.07) is 0. The molecule has 0 spiro atoms. The molecule has 0 amide bonds. The molecule has 0 bridgehead atoms. The first-order valence-electron chi connectivity index (χ1n) is 44.0. The SMILES string of the molecule is CC/C=C\C/C=C\C/C=C\C/C=C\C/C=C\C/C=C\C/C=C\C/C=C\C/C=C\C/C=C\C/C=C\CCCCCCCCCC(=O)OC(COC(=O)CCCCCCCCCCCCCCCCCCCCCCCCCCCCC/C=C\CCCCCCCCCC)COC(OCC[N+](C)(C)C)C(=O)[O-]. The van der Waals surface area contributed by atoms with Crippen molar-refractivity contribution in [3.05, 3.63) is 146 Å². The molecule has 0 aromatic heterocycles. The van der Waals surface area contributed by atoms with Crippen LogP contribution in [-0.4, -0.2) is 82.3 Å². The average molecular weight is 1460 g/mol. The normalized spacial score (nSPS) is 13.3. The second kappa shape index (κ2) is 84.8. The van der Waals surface area contributed by atoms with Gasteiger partial charge < -0.3 is 33.3 Å². The number of ether oxygens (including phenoxy) is 4. The molecule has 2 unspecified atom stereocenters. The molecule has 0 aliphatic carbocycles. The zero-order valence-corrected chi connectivity index (χ0v) is 69.1. The van der Waals surface area contributed by atoms with E-state index in [1.807, 2.05) is 21.1 Å². The minimum absolute atomic E-state index is 0.140. The van der Waals surface area contributed by atoms with Gasteiger partial charge in [0.05, 0.1) is 40.3 Å². The fourth-order valence-corrected chi connectivity index (χ4v) is 12.4. The second-order valence-electron chi connectivity index (χ2n) is 30.4. The molecule has 0 aliphatic rings. The number of hydrogen-bond donors (Lipinski definition) is 0. The lowest BCUT2D eigenvalue weighted by atomic mass is 10.0. The number of likely N-dealkylation sites (N-methyl/N-ethyl adjacent to an activating group) is 1. The van der Waals surface area contributed by atoms with Crippen molar-refractivity contribution in [3.63, 3.8) is 0 Å². The van der Waals surface area contributed by atoms with E-state index in [1.54, 1.807) is 0 Å². The minimum Gasteiger partial charge on any atom is -0.545 e. The third kappa shape index (κ3) is 86.3. The molecule has 602 valence electrons. The van der Waals surface area contributed by atoms with E-state index in [-0.39, 0.29) is 38.6 Å². The first-order chi connectivity index (χ1) is 51.6. The summed E-state index contributed by atoms with van der Waals surface area (Å²) in [5.41, 5.74) is 0. The maximum Gasteiger partial charge on any atom is 0.306 e. The quantitative estimate of drug-likeness (QED) is 0.0195. The van der Waals surface area contributed by atoms with Gasteiger partial charge in [-0.25, -0.2) is 0 Å². The van der Waals surface area contributed by atoms with E-state index in [4.69, 9.17) is 18.9 Å². The molecular formula is C96H165NO8. The molecule has 0 heterocycles. The summed E-state index contributed by atoms with van der Waals surface area (Å²) < 4.78 is 22.9. The van der Waals surface area contributed by atoms with Gasteiger partial charge in [0.25, 0.3) is 0 Å². The molecule has 0 fully saturated rings. The van der Waals surface area contributed by atoms with Gasteiger partial charge in [-0.3, -0.25) is 9.59 Å². The summed E-state index contributed by atoms with van der Waals surface area (Å²) in [5, 5.41) is 11.9. The summed E-state index contributed by atoms with van der Waals surface area (Å²) in [7, 11) is 5.93. The number of carboxylic acid groups (broad SMARTS) is 1. The van der Waals surface area contributed by atoms with Crippen LogP contribution in [0.4, 0.5) is 0 Å². The van der Waals surface area contributed by atoms with E-state index in [0.29, 0.717) is 17.4 Å². The molecule has 0 aromatic rings. The fraction of sp³-hybridized carbons (Fsp3) is 0.719. The molecule has 0 radical (unpaired) electrons. The van der Waals surface area contributed by atoms with Gasteiger partial charge in [-0.15, -0.1) is 0 Å². The van der Waals surface area contributed by atoms with Gasteiger partial charge in [-0.1, -0.05) is 397 Å². The Hall–Kier alpha value is -4.83. The Morgan fingerprint density at radius 1 is 0.295 bits per heavy atom. The van der Waals surface area contributed by atoms with Gasteiger partial charge in [-0.2, -0.15) is 0 Å². The maximum absolute atomic E-state index is 13.0. The zero-order valence-electron chi connectivity index (χ0n) is 69.1. The predicted octanol–water partition coefficient (Wildman–Crippen LogP) is 27.6. The van der Waals surface area contributed by atoms with Crippen LogP contribution in [0.2, 0.25) is 0 Å². The third-order valence-corrected chi connectivity index (χ3v) is 19.1. The highest BCUT2D eigenvalue weighted by molar-refractivity contribution is 5.70. The molecule has 0 saturated heterocycles. The molecule has 105 heavy (non-hydrogen) atoms. The highest BCUT2D eigenvalue weighted by Crippen LogP contribution is 2.19. The van der Waals surface area contributed by atoms with Crippen LogP contribution in [0.3, 0.4) is 0 Å². The van der Waals surface area contributed by atoms with Crippen LogP contribution in [0.25, 0.3) is 0 Å². The molecule has 0 saturated carbocycles. The molecule has 0 aromatic carbocycles. The number of quaternary nitrogens is 1. The number of rotatable bonds is 81. The highest BCUT2D eigenvalue weighted by Gasteiger charge is 2.22. The van der Waals surface area contributed by atoms with Gasteiger partial charge in [0.2, 0.25) is 0 Å². The molecule has 0 N–H and O–H groups in total. The number of unbranched alkanes of at least 4 members (excludes halogenated alkanes) is 42. The van der Waals surface area contributed by atoms with Gasteiger partial charge in [-0.05, 0) is 122 Å². The van der Waals surface area contributed by atoms with Crippen molar-refractivity contribution in [2.24, 2.45) is 0 Å². The Morgan fingerprint density at radius 2 is 0.543 bits per heavy atom. The van der Waals surface area contributed by atoms with E-state index >= 15 is 0 Å². The van der Waals surface area contributed by atoms with Crippen molar-refractivity contribution in [3.8, 4) is 0 Å². The highest BCUT2D eigenvalue weighted by atomic mass is 16.7. The summed E-state index contributed by atoms with van der Waals surface area (Å²) in [5.74, 6) is -2.29. The van der Waals surface area contributed by atoms with Gasteiger partial charge in [0.1, 0.15) is 13.2 Å². The number of carboxylic acids is 1. The molecule has 0 aliphatic heterocycles. The van der Waals surface area contributed by atoms with E-state index < -0.39 is 24.3 Å². The number of carbonyl (C=O) groups excluding carboxylic acids is 3. The second-order valence-corrected chi connectivity index (χ2v) is 30.4. The van der Waals surface area contributed by atoms with Crippen molar-refractivity contribution in [1.82, 2.24) is 0 Å². The molecule has 2 atom stereocenters. The number of aliphatic carboxylic acids is 1. The third-order valence-electron chi connectivity index (χ3n) is 19.1. The van der Waals surface area contributed by atoms with Gasteiger partial charge >= 0.3 is 11.9 Å². The van der Waals surface area contributed by atoms with E-state index in [1.165, 1.54) is 238 Å². The van der Waals surface area contributed by atoms with Crippen LogP contribution in [-0.2, 0) is 33.3 Å². The largest absolute Gasteiger partial charge is 0.545 e. The zero-order chi connectivity index (χ0) is 76.0. The van der Waals surface area contributed by atoms with Crippen molar-refractivity contribution in [1.29, 1.82) is 0 Å². The van der Waals surface area contributed by atoms with Gasteiger partial charge in [0.15, 0.2) is 12.4 Å². The molecule has 0 rings (SSSR count). The molecular weight excluding hydrogens is 1300 g/mol. The van der Waals surface area contributed by atoms with Gasteiger partial charge in [0, 0.05) is 12.8 Å².